The van der Waals surface area contributed by atoms with Crippen LogP contribution in [0.15, 0.2) is 0 Å². The van der Waals surface area contributed by atoms with Crippen molar-refractivity contribution in [3.05, 3.63) is 0 Å². The first-order valence-corrected chi connectivity index (χ1v) is 11.2. The van der Waals surface area contributed by atoms with Crippen LogP contribution in [0.2, 0.25) is 0 Å². The van der Waals surface area contributed by atoms with E-state index in [9.17, 15) is 17.5 Å². The Morgan fingerprint density at radius 3 is 1.70 bits per heavy atom. The molecule has 0 radical (unpaired) electrons. The van der Waals surface area contributed by atoms with Crippen molar-refractivity contribution in [2.75, 3.05) is 18.6 Å². The first-order valence-electron chi connectivity index (χ1n) is 6.38. The minimum atomic E-state index is -4.17. The summed E-state index contributed by atoms with van der Waals surface area (Å²) < 4.78 is 55.2. The molecule has 0 aromatic carbocycles. The summed E-state index contributed by atoms with van der Waals surface area (Å²) in [5.41, 5.74) is 0. The highest BCUT2D eigenvalue weighted by Gasteiger charge is 2.18. The highest BCUT2D eigenvalue weighted by atomic mass is 35.5. The van der Waals surface area contributed by atoms with Crippen molar-refractivity contribution in [3.63, 3.8) is 0 Å². The van der Waals surface area contributed by atoms with E-state index in [2.05, 4.69) is 8.71 Å². The van der Waals surface area contributed by atoms with Crippen molar-refractivity contribution >= 4 is 37.9 Å². The van der Waals surface area contributed by atoms with Gasteiger partial charge in [-0.1, -0.05) is 13.8 Å². The monoisotopic (exact) mass is 421 g/mol. The van der Waals surface area contributed by atoms with Crippen LogP contribution in [0.4, 0.5) is 0 Å². The molecule has 1 unspecified atom stereocenters. The van der Waals surface area contributed by atoms with Gasteiger partial charge in [0.2, 0.25) is 0 Å². The van der Waals surface area contributed by atoms with E-state index >= 15 is 0 Å². The normalized spacial score (nSPS) is 12.0. The predicted molar refractivity (Wildman–Crippen MR) is 86.1 cm³/mol. The van der Waals surface area contributed by atoms with Crippen LogP contribution in [0, 0.1) is 0 Å². The lowest BCUT2D eigenvalue weighted by Crippen LogP contribution is -2.04. The van der Waals surface area contributed by atoms with Crippen LogP contribution in [-0.2, 0) is 28.2 Å². The molecule has 0 spiro atoms. The zero-order valence-corrected chi connectivity index (χ0v) is 16.4. The SMILES string of the molecule is CCC(CC)O[P+](=O)O.CCOS(=O)(=O)O.O=P(O)(O)CCCl. The Morgan fingerprint density at radius 1 is 1.22 bits per heavy atom. The topological polar surface area (TPSA) is 168 Å². The zero-order chi connectivity index (χ0) is 19.1. The fourth-order valence-electron chi connectivity index (χ4n) is 0.824. The molecule has 142 valence electrons. The quantitative estimate of drug-likeness (QED) is 0.258. The van der Waals surface area contributed by atoms with Crippen LogP contribution in [-0.4, -0.2) is 52.4 Å². The van der Waals surface area contributed by atoms with Gasteiger partial charge >= 0.3 is 26.2 Å². The molecule has 0 aliphatic heterocycles. The van der Waals surface area contributed by atoms with Gasteiger partial charge in [0.15, 0.2) is 0 Å². The molecule has 4 N–H and O–H groups in total. The van der Waals surface area contributed by atoms with Gasteiger partial charge in [0.1, 0.15) is 6.10 Å². The number of rotatable bonds is 8. The Balaban J connectivity index is -0.000000264. The van der Waals surface area contributed by atoms with Crippen molar-refractivity contribution in [1.29, 1.82) is 0 Å². The lowest BCUT2D eigenvalue weighted by Gasteiger charge is -2.00. The van der Waals surface area contributed by atoms with Crippen LogP contribution in [0.5, 0.6) is 0 Å². The average Bonchev–Trinajstić information content (AvgIpc) is 2.34. The lowest BCUT2D eigenvalue weighted by atomic mass is 10.2. The Morgan fingerprint density at radius 2 is 1.65 bits per heavy atom. The van der Waals surface area contributed by atoms with E-state index in [-0.39, 0.29) is 24.8 Å². The first kappa shape index (κ1) is 28.1. The molecule has 0 rings (SSSR count). The van der Waals surface area contributed by atoms with Crippen molar-refractivity contribution in [3.8, 4) is 0 Å². The summed E-state index contributed by atoms with van der Waals surface area (Å²) in [6, 6.07) is 0. The summed E-state index contributed by atoms with van der Waals surface area (Å²) in [7, 11) is -10.4. The molecule has 0 amide bonds. The molecule has 0 fully saturated rings. The molecule has 0 aromatic rings. The summed E-state index contributed by atoms with van der Waals surface area (Å²) in [6.07, 6.45) is 1.30. The van der Waals surface area contributed by atoms with E-state index < -0.39 is 26.2 Å². The molecule has 10 nitrogen and oxygen atoms in total. The molecule has 0 aliphatic carbocycles. The van der Waals surface area contributed by atoms with Gasteiger partial charge in [0.05, 0.1) is 12.8 Å². The van der Waals surface area contributed by atoms with Crippen LogP contribution in [0.25, 0.3) is 0 Å². The third-order valence-corrected chi connectivity index (χ3v) is 4.06. The van der Waals surface area contributed by atoms with Gasteiger partial charge < -0.3 is 9.79 Å². The molecule has 14 heteroatoms. The van der Waals surface area contributed by atoms with Crippen molar-refractivity contribution in [2.24, 2.45) is 0 Å². The van der Waals surface area contributed by atoms with Gasteiger partial charge in [0, 0.05) is 10.4 Å². The van der Waals surface area contributed by atoms with E-state index in [4.69, 9.17) is 30.8 Å². The number of alkyl halides is 1. The second kappa shape index (κ2) is 15.8. The third kappa shape index (κ3) is 34.6. The van der Waals surface area contributed by atoms with Crippen molar-refractivity contribution < 1.29 is 45.5 Å². The van der Waals surface area contributed by atoms with E-state index in [1.807, 2.05) is 13.8 Å². The molecule has 23 heavy (non-hydrogen) atoms. The Hall–Kier alpha value is 0.330. The minimum Gasteiger partial charge on any atom is -0.324 e. The van der Waals surface area contributed by atoms with E-state index in [1.165, 1.54) is 6.92 Å². The zero-order valence-electron chi connectivity index (χ0n) is 13.0. The lowest BCUT2D eigenvalue weighted by molar-refractivity contribution is 0.180. The molecule has 0 saturated heterocycles. The average molecular weight is 422 g/mol. The van der Waals surface area contributed by atoms with Gasteiger partial charge in [-0.15, -0.1) is 21.0 Å². The van der Waals surface area contributed by atoms with Gasteiger partial charge in [-0.25, -0.2) is 4.18 Å². The number of hydrogen-bond acceptors (Lipinski definition) is 6. The molecule has 0 saturated carbocycles. The van der Waals surface area contributed by atoms with E-state index in [0.717, 1.165) is 12.8 Å². The molecule has 0 aliphatic rings. The van der Waals surface area contributed by atoms with E-state index in [0.29, 0.717) is 0 Å². The number of hydrogen-bond donors (Lipinski definition) is 4. The molecule has 1 atom stereocenters. The second-order valence-corrected chi connectivity index (χ2v) is 7.63. The second-order valence-electron chi connectivity index (χ2n) is 3.69. The number of halogens is 1. The molecular weight excluding hydrogens is 398 g/mol. The maximum Gasteiger partial charge on any atom is 0.694 e. The van der Waals surface area contributed by atoms with Crippen LogP contribution in [0.3, 0.4) is 0 Å². The highest BCUT2D eigenvalue weighted by molar-refractivity contribution is 7.80. The van der Waals surface area contributed by atoms with Crippen LogP contribution < -0.4 is 0 Å². The largest absolute Gasteiger partial charge is 0.694 e. The van der Waals surface area contributed by atoms with Crippen LogP contribution >= 0.6 is 27.5 Å². The molecule has 0 aromatic heterocycles. The van der Waals surface area contributed by atoms with Gasteiger partial charge in [-0.2, -0.15) is 8.42 Å². The predicted octanol–water partition coefficient (Wildman–Crippen LogP) is 2.07. The maximum absolute atomic E-state index is 10.1. The van der Waals surface area contributed by atoms with Gasteiger partial charge in [-0.05, 0) is 19.8 Å². The fourth-order valence-corrected chi connectivity index (χ4v) is 2.56. The smallest absolute Gasteiger partial charge is 0.324 e. The Bertz CT molecular complexity index is 434. The van der Waals surface area contributed by atoms with E-state index in [1.54, 1.807) is 0 Å². The van der Waals surface area contributed by atoms with Crippen molar-refractivity contribution in [2.45, 2.75) is 39.7 Å². The Kier molecular flexibility index (Phi) is 19.4. The summed E-state index contributed by atoms with van der Waals surface area (Å²) in [6.45, 7) is 5.28. The first-order chi connectivity index (χ1) is 10.3. The summed E-state index contributed by atoms with van der Waals surface area (Å²) >= 11 is 4.99. The fraction of sp³-hybridized carbons (Fsp3) is 1.00. The molecular formula is C9H24ClO10P2S+. The summed E-state index contributed by atoms with van der Waals surface area (Å²) in [5.74, 6) is 0.0181. The minimum absolute atomic E-state index is 0.0181. The summed E-state index contributed by atoms with van der Waals surface area (Å²) in [5, 5.41) is 0. The molecule has 0 heterocycles. The highest BCUT2D eigenvalue weighted by Crippen LogP contribution is 2.33. The maximum atomic E-state index is 10.1. The Labute approximate surface area is 142 Å². The summed E-state index contributed by atoms with van der Waals surface area (Å²) in [4.78, 5) is 24.4. The molecule has 0 bridgehead atoms. The van der Waals surface area contributed by atoms with Gasteiger partial charge in [-0.3, -0.25) is 9.12 Å². The van der Waals surface area contributed by atoms with Crippen LogP contribution in [0.1, 0.15) is 33.6 Å². The van der Waals surface area contributed by atoms with Crippen molar-refractivity contribution in [1.82, 2.24) is 0 Å². The third-order valence-electron chi connectivity index (χ3n) is 1.79. The standard InChI is InChI=1S/C5H11O3P.C2H6ClO3P.C2H6O4S/c1-3-5(4-2)8-9(6)7;3-1-2-7(4,5)6;1-2-6-7(3,4)5/h5H,3-4H2,1-2H3;1-2H2,(H2,4,5,6);2H2,1H3,(H,3,4,5)/p+1. The van der Waals surface area contributed by atoms with Gasteiger partial charge in [0.25, 0.3) is 0 Å².